The van der Waals surface area contributed by atoms with Crippen molar-refractivity contribution in [1.29, 1.82) is 0 Å². The minimum atomic E-state index is -3.57. The molecule has 0 amide bonds. The molecule has 0 bridgehead atoms. The predicted octanol–water partition coefficient (Wildman–Crippen LogP) is 3.27. The summed E-state index contributed by atoms with van der Waals surface area (Å²) in [6, 6.07) is 5.31. The van der Waals surface area contributed by atoms with Crippen molar-refractivity contribution >= 4 is 6.34 Å². The van der Waals surface area contributed by atoms with Crippen molar-refractivity contribution in [3.8, 4) is 0 Å². The van der Waals surface area contributed by atoms with Crippen LogP contribution in [-0.2, 0) is 12.3 Å². The number of pyridine rings is 1. The summed E-state index contributed by atoms with van der Waals surface area (Å²) >= 11 is 0. The van der Waals surface area contributed by atoms with Crippen LogP contribution in [0.4, 0.5) is 17.6 Å². The van der Waals surface area contributed by atoms with Crippen LogP contribution in [0.15, 0.2) is 41.6 Å². The smallest absolute Gasteiger partial charge is 0.298 e. The number of halogens is 4. The Labute approximate surface area is 160 Å². The summed E-state index contributed by atoms with van der Waals surface area (Å²) in [6.45, 7) is -0.512. The Morgan fingerprint density at radius 1 is 1.25 bits per heavy atom. The topological polar surface area (TPSA) is 80.5 Å². The van der Waals surface area contributed by atoms with Gasteiger partial charge in [0.1, 0.15) is 23.7 Å². The molecule has 0 saturated heterocycles. The lowest BCUT2D eigenvalue weighted by Gasteiger charge is -2.29. The molecule has 1 aliphatic carbocycles. The Morgan fingerprint density at radius 2 is 2.00 bits per heavy atom. The molecule has 28 heavy (non-hydrogen) atoms. The van der Waals surface area contributed by atoms with Gasteiger partial charge >= 0.3 is 0 Å². The molecule has 1 aromatic heterocycles. The molecule has 2 aromatic rings. The third-order valence-corrected chi connectivity index (χ3v) is 4.77. The number of hydrazone groups is 1. The number of alkyl halides is 2. The molecule has 1 heterocycles. The lowest BCUT2D eigenvalue weighted by molar-refractivity contribution is -0.0443. The average Bonchev–Trinajstić information content (AvgIpc) is 3.45. The number of hydrogen-bond acceptors (Lipinski definition) is 4. The lowest BCUT2D eigenvalue weighted by Crippen LogP contribution is -2.40. The molecule has 1 fully saturated rings. The van der Waals surface area contributed by atoms with Gasteiger partial charge in [0.05, 0.1) is 5.92 Å². The summed E-state index contributed by atoms with van der Waals surface area (Å²) in [7, 11) is 0. The first-order valence-corrected chi connectivity index (χ1v) is 8.84. The molecular weight excluding hydrogens is 374 g/mol. The van der Waals surface area contributed by atoms with Gasteiger partial charge in [0.25, 0.3) is 5.92 Å². The van der Waals surface area contributed by atoms with Gasteiger partial charge in [-0.25, -0.2) is 14.6 Å². The zero-order chi connectivity index (χ0) is 20.3. The van der Waals surface area contributed by atoms with E-state index in [1.165, 1.54) is 12.3 Å². The van der Waals surface area contributed by atoms with Gasteiger partial charge in [-0.1, -0.05) is 12.1 Å². The van der Waals surface area contributed by atoms with Crippen LogP contribution < -0.4 is 11.7 Å². The number of hydrazine groups is 1. The van der Waals surface area contributed by atoms with Crippen LogP contribution in [0.25, 0.3) is 0 Å². The maximum Gasteiger partial charge on any atom is 0.298 e. The van der Waals surface area contributed by atoms with E-state index in [0.717, 1.165) is 48.3 Å². The maximum absolute atomic E-state index is 15.3. The van der Waals surface area contributed by atoms with Crippen molar-refractivity contribution in [3.63, 3.8) is 0 Å². The number of nitrogens with zero attached hydrogens (tertiary/aromatic N) is 3. The van der Waals surface area contributed by atoms with Crippen molar-refractivity contribution in [1.82, 2.24) is 9.99 Å². The molecule has 0 spiro atoms. The van der Waals surface area contributed by atoms with Gasteiger partial charge in [0.15, 0.2) is 0 Å². The third-order valence-electron chi connectivity index (χ3n) is 4.77. The quantitative estimate of drug-likeness (QED) is 0.236. The monoisotopic (exact) mass is 395 g/mol. The first-order chi connectivity index (χ1) is 13.3. The van der Waals surface area contributed by atoms with Crippen molar-refractivity contribution < 1.29 is 17.6 Å². The molecule has 1 saturated carbocycles. The number of nitrogens with two attached hydrogens (primary N) is 2. The number of hydrogen-bond donors (Lipinski definition) is 2. The van der Waals surface area contributed by atoms with E-state index < -0.39 is 35.7 Å². The molecule has 1 aliphatic rings. The van der Waals surface area contributed by atoms with Gasteiger partial charge in [-0.3, -0.25) is 9.99 Å². The fourth-order valence-electron chi connectivity index (χ4n) is 3.11. The summed E-state index contributed by atoms with van der Waals surface area (Å²) in [5.74, 6) is 3.95. The van der Waals surface area contributed by atoms with E-state index in [9.17, 15) is 8.78 Å². The second kappa shape index (κ2) is 8.14. The van der Waals surface area contributed by atoms with Crippen LogP contribution in [-0.4, -0.2) is 22.9 Å². The van der Waals surface area contributed by atoms with Crippen molar-refractivity contribution in [2.24, 2.45) is 22.7 Å². The Morgan fingerprint density at radius 3 is 2.57 bits per heavy atom. The fourth-order valence-corrected chi connectivity index (χ4v) is 3.11. The minimum absolute atomic E-state index is 0.379. The summed E-state index contributed by atoms with van der Waals surface area (Å²) in [6.07, 6.45) is 5.44. The highest BCUT2D eigenvalue weighted by Crippen LogP contribution is 2.42. The van der Waals surface area contributed by atoms with Crippen molar-refractivity contribution in [3.05, 3.63) is 65.0 Å². The zero-order valence-electron chi connectivity index (χ0n) is 15.0. The molecule has 3 rings (SSSR count). The molecule has 1 atom stereocenters. The molecular formula is C19H21F4N5. The highest BCUT2D eigenvalue weighted by Gasteiger charge is 2.45. The Kier molecular flexibility index (Phi) is 5.83. The van der Waals surface area contributed by atoms with Gasteiger partial charge in [-0.05, 0) is 48.4 Å². The van der Waals surface area contributed by atoms with Gasteiger partial charge in [0.2, 0.25) is 0 Å². The Balaban J connectivity index is 1.94. The van der Waals surface area contributed by atoms with Gasteiger partial charge in [-0.2, -0.15) is 13.9 Å². The van der Waals surface area contributed by atoms with E-state index in [1.54, 1.807) is 6.07 Å². The normalized spacial score (nSPS) is 15.8. The van der Waals surface area contributed by atoms with E-state index in [1.807, 2.05) is 0 Å². The standard InChI is InChI=1S/C19H21F4N5/c20-14-4-5-15(17(21)8-14)16(10-28(25)11-27-24)19(22,23)18-6-3-13(9-26-18)7-12-1-2-12/h3-6,8-9,11-12,16H,1-2,7,10,24-25H2/b27-11-. The van der Waals surface area contributed by atoms with E-state index in [2.05, 4.69) is 10.1 Å². The summed E-state index contributed by atoms with van der Waals surface area (Å²) in [4.78, 5) is 3.91. The van der Waals surface area contributed by atoms with E-state index in [4.69, 9.17) is 11.7 Å². The van der Waals surface area contributed by atoms with Crippen LogP contribution in [0.2, 0.25) is 0 Å². The second-order valence-electron chi connectivity index (χ2n) is 7.00. The first-order valence-electron chi connectivity index (χ1n) is 8.84. The molecule has 9 heteroatoms. The highest BCUT2D eigenvalue weighted by atomic mass is 19.3. The number of benzene rings is 1. The molecule has 150 valence electrons. The summed E-state index contributed by atoms with van der Waals surface area (Å²) in [5.41, 5.74) is -0.0164. The summed E-state index contributed by atoms with van der Waals surface area (Å²) in [5, 5.41) is 4.00. The number of aromatic nitrogens is 1. The summed E-state index contributed by atoms with van der Waals surface area (Å²) < 4.78 is 58.2. The first kappa shape index (κ1) is 20.1. The molecule has 0 aliphatic heterocycles. The van der Waals surface area contributed by atoms with Crippen molar-refractivity contribution in [2.75, 3.05) is 6.54 Å². The Hall–Kier alpha value is -2.68. The predicted molar refractivity (Wildman–Crippen MR) is 97.2 cm³/mol. The SMILES string of the molecule is N/N=C\N(N)CC(c1ccc(F)cc1F)C(F)(F)c1ccc(CC2CC2)cn1. The van der Waals surface area contributed by atoms with Crippen LogP contribution in [0, 0.1) is 17.6 Å². The molecule has 5 nitrogen and oxygen atoms in total. The highest BCUT2D eigenvalue weighted by molar-refractivity contribution is 5.53. The molecule has 0 radical (unpaired) electrons. The second-order valence-corrected chi connectivity index (χ2v) is 7.00. The van der Waals surface area contributed by atoms with E-state index >= 15 is 8.78 Å². The largest absolute Gasteiger partial charge is 0.322 e. The molecule has 4 N–H and O–H groups in total. The molecule has 1 unspecified atom stereocenters. The van der Waals surface area contributed by atoms with Crippen LogP contribution in [0.3, 0.4) is 0 Å². The van der Waals surface area contributed by atoms with Crippen LogP contribution in [0.1, 0.15) is 35.6 Å². The van der Waals surface area contributed by atoms with Gasteiger partial charge in [-0.15, -0.1) is 0 Å². The van der Waals surface area contributed by atoms with Crippen LogP contribution >= 0.6 is 0 Å². The molecule has 1 aromatic carbocycles. The Bertz CT molecular complexity index is 837. The lowest BCUT2D eigenvalue weighted by atomic mass is 9.89. The minimum Gasteiger partial charge on any atom is -0.322 e. The average molecular weight is 395 g/mol. The van der Waals surface area contributed by atoms with Crippen LogP contribution in [0.5, 0.6) is 0 Å². The number of rotatable bonds is 8. The van der Waals surface area contributed by atoms with E-state index in [-0.39, 0.29) is 5.56 Å². The van der Waals surface area contributed by atoms with Gasteiger partial charge in [0, 0.05) is 18.8 Å². The maximum atomic E-state index is 15.3. The zero-order valence-corrected chi connectivity index (χ0v) is 15.0. The van der Waals surface area contributed by atoms with Crippen molar-refractivity contribution in [2.45, 2.75) is 31.1 Å². The fraction of sp³-hybridized carbons (Fsp3) is 0.368. The third kappa shape index (κ3) is 4.59. The van der Waals surface area contributed by atoms with E-state index in [0.29, 0.717) is 12.0 Å². The van der Waals surface area contributed by atoms with Gasteiger partial charge < -0.3 is 5.84 Å².